The van der Waals surface area contributed by atoms with E-state index in [1.807, 2.05) is 0 Å². The minimum Gasteiger partial charge on any atom is -0.377 e. The summed E-state index contributed by atoms with van der Waals surface area (Å²) in [6.45, 7) is 2.41. The molecule has 1 aromatic rings. The maximum absolute atomic E-state index is 12.2. The zero-order valence-electron chi connectivity index (χ0n) is 12.9. The summed E-state index contributed by atoms with van der Waals surface area (Å²) in [4.78, 5) is 12.2. The van der Waals surface area contributed by atoms with Crippen molar-refractivity contribution in [1.82, 2.24) is 10.5 Å². The quantitative estimate of drug-likeness (QED) is 0.641. The third kappa shape index (κ3) is 3.87. The number of carbonyl (C=O) groups is 1. The van der Waals surface area contributed by atoms with E-state index >= 15 is 0 Å². The Kier molecular flexibility index (Phi) is 5.45. The van der Waals surface area contributed by atoms with Crippen LogP contribution in [0, 0.1) is 0 Å². The molecule has 1 atom stereocenters. The lowest BCUT2D eigenvalue weighted by Gasteiger charge is -2.10. The Morgan fingerprint density at radius 3 is 3.05 bits per heavy atom. The molecular weight excluding hydrogens is 284 g/mol. The Morgan fingerprint density at radius 1 is 1.27 bits per heavy atom. The van der Waals surface area contributed by atoms with Crippen molar-refractivity contribution in [3.63, 3.8) is 0 Å². The molecule has 1 amide bonds. The molecule has 3 rings (SSSR count). The van der Waals surface area contributed by atoms with Crippen molar-refractivity contribution < 1.29 is 18.8 Å². The molecule has 0 radical (unpaired) electrons. The van der Waals surface area contributed by atoms with Crippen molar-refractivity contribution in [1.29, 1.82) is 0 Å². The van der Waals surface area contributed by atoms with Crippen LogP contribution >= 0.6 is 0 Å². The van der Waals surface area contributed by atoms with Crippen LogP contribution in [-0.4, -0.2) is 43.5 Å². The topological polar surface area (TPSA) is 73.6 Å². The second-order valence-electron chi connectivity index (χ2n) is 5.96. The minimum absolute atomic E-state index is 0.160. The number of amides is 1. The van der Waals surface area contributed by atoms with Gasteiger partial charge in [0.2, 0.25) is 0 Å². The highest BCUT2D eigenvalue weighted by molar-refractivity contribution is 5.93. The minimum atomic E-state index is -0.160. The van der Waals surface area contributed by atoms with Gasteiger partial charge < -0.3 is 19.3 Å². The number of rotatable bonds is 6. The van der Waals surface area contributed by atoms with Gasteiger partial charge in [-0.3, -0.25) is 4.79 Å². The average Bonchev–Trinajstić information content (AvgIpc) is 3.12. The van der Waals surface area contributed by atoms with Gasteiger partial charge in [0, 0.05) is 25.1 Å². The van der Waals surface area contributed by atoms with Gasteiger partial charge in [-0.2, -0.15) is 0 Å². The number of nitrogens with one attached hydrogen (secondary N) is 1. The van der Waals surface area contributed by atoms with Gasteiger partial charge in [-0.15, -0.1) is 0 Å². The number of fused-ring (bicyclic) bond motifs is 1. The maximum atomic E-state index is 12.2. The molecule has 1 aromatic heterocycles. The van der Waals surface area contributed by atoms with Crippen LogP contribution in [0.1, 0.15) is 53.9 Å². The first-order valence-corrected chi connectivity index (χ1v) is 8.29. The zero-order chi connectivity index (χ0) is 15.2. The SMILES string of the molecule is O=C(NCCOC[C@@H]1CCCO1)c1noc2c1CCCCC2. The molecule has 2 aliphatic rings. The average molecular weight is 308 g/mol. The smallest absolute Gasteiger partial charge is 0.273 e. The Balaban J connectivity index is 1.41. The first-order chi connectivity index (χ1) is 10.8. The monoisotopic (exact) mass is 308 g/mol. The van der Waals surface area contributed by atoms with Gasteiger partial charge >= 0.3 is 0 Å². The molecule has 0 bridgehead atoms. The van der Waals surface area contributed by atoms with E-state index in [1.165, 1.54) is 6.42 Å². The normalized spacial score (nSPS) is 21.4. The molecule has 2 heterocycles. The molecule has 0 saturated carbocycles. The number of aryl methyl sites for hydroxylation is 1. The Morgan fingerprint density at radius 2 is 2.18 bits per heavy atom. The molecule has 0 aromatic carbocycles. The molecule has 1 fully saturated rings. The van der Waals surface area contributed by atoms with E-state index in [0.717, 1.165) is 56.5 Å². The Labute approximate surface area is 130 Å². The van der Waals surface area contributed by atoms with Crippen LogP contribution in [0.3, 0.4) is 0 Å². The van der Waals surface area contributed by atoms with Crippen molar-refractivity contribution in [2.24, 2.45) is 0 Å². The van der Waals surface area contributed by atoms with Crippen LogP contribution in [0.4, 0.5) is 0 Å². The summed E-state index contributed by atoms with van der Waals surface area (Å²) in [7, 11) is 0. The first kappa shape index (κ1) is 15.5. The van der Waals surface area contributed by atoms with Gasteiger partial charge in [-0.1, -0.05) is 11.6 Å². The fourth-order valence-corrected chi connectivity index (χ4v) is 3.05. The number of hydrogen-bond donors (Lipinski definition) is 1. The number of aromatic nitrogens is 1. The number of ether oxygens (including phenoxy) is 2. The molecule has 6 heteroatoms. The van der Waals surface area contributed by atoms with E-state index in [-0.39, 0.29) is 12.0 Å². The van der Waals surface area contributed by atoms with Crippen LogP contribution in [0.15, 0.2) is 4.52 Å². The highest BCUT2D eigenvalue weighted by Gasteiger charge is 2.22. The fourth-order valence-electron chi connectivity index (χ4n) is 3.05. The summed E-state index contributed by atoms with van der Waals surface area (Å²) < 4.78 is 16.3. The molecule has 1 aliphatic carbocycles. The largest absolute Gasteiger partial charge is 0.377 e. The molecule has 1 aliphatic heterocycles. The number of hydrogen-bond acceptors (Lipinski definition) is 5. The standard InChI is InChI=1S/C16H24N2O4/c19-16(17-8-10-20-11-12-5-4-9-21-12)15-13-6-2-1-3-7-14(13)22-18-15/h12H,1-11H2,(H,17,19)/t12-/m0/s1. The third-order valence-corrected chi connectivity index (χ3v) is 4.27. The number of nitrogens with zero attached hydrogens (tertiary/aromatic N) is 1. The van der Waals surface area contributed by atoms with E-state index in [4.69, 9.17) is 14.0 Å². The van der Waals surface area contributed by atoms with E-state index in [0.29, 0.717) is 25.5 Å². The lowest BCUT2D eigenvalue weighted by atomic mass is 10.1. The van der Waals surface area contributed by atoms with Gasteiger partial charge in [0.25, 0.3) is 5.91 Å². The van der Waals surface area contributed by atoms with Crippen LogP contribution in [0.25, 0.3) is 0 Å². The molecule has 122 valence electrons. The van der Waals surface area contributed by atoms with Crippen LogP contribution in [0.2, 0.25) is 0 Å². The van der Waals surface area contributed by atoms with Crippen molar-refractivity contribution in [3.8, 4) is 0 Å². The highest BCUT2D eigenvalue weighted by atomic mass is 16.5. The van der Waals surface area contributed by atoms with E-state index in [9.17, 15) is 4.79 Å². The Hall–Kier alpha value is -1.40. The molecule has 1 saturated heterocycles. The summed E-state index contributed by atoms with van der Waals surface area (Å²) in [5.74, 6) is 0.727. The molecule has 0 unspecified atom stereocenters. The van der Waals surface area contributed by atoms with Gasteiger partial charge in [0.05, 0.1) is 19.3 Å². The van der Waals surface area contributed by atoms with Gasteiger partial charge in [0.15, 0.2) is 5.69 Å². The summed E-state index contributed by atoms with van der Waals surface area (Å²) in [6, 6.07) is 0. The van der Waals surface area contributed by atoms with Crippen molar-refractivity contribution in [2.75, 3.05) is 26.4 Å². The third-order valence-electron chi connectivity index (χ3n) is 4.27. The first-order valence-electron chi connectivity index (χ1n) is 8.29. The molecule has 1 N–H and O–H groups in total. The van der Waals surface area contributed by atoms with Crippen LogP contribution < -0.4 is 5.32 Å². The van der Waals surface area contributed by atoms with Crippen LogP contribution in [0.5, 0.6) is 0 Å². The van der Waals surface area contributed by atoms with Gasteiger partial charge in [0.1, 0.15) is 5.76 Å². The summed E-state index contributed by atoms with van der Waals surface area (Å²) in [6.07, 6.45) is 7.57. The highest BCUT2D eigenvalue weighted by Crippen LogP contribution is 2.23. The van der Waals surface area contributed by atoms with Crippen molar-refractivity contribution in [2.45, 2.75) is 51.0 Å². The molecule has 0 spiro atoms. The maximum Gasteiger partial charge on any atom is 0.273 e. The fraction of sp³-hybridized carbons (Fsp3) is 0.750. The summed E-state index contributed by atoms with van der Waals surface area (Å²) in [5.41, 5.74) is 1.45. The van der Waals surface area contributed by atoms with Crippen molar-refractivity contribution in [3.05, 3.63) is 17.0 Å². The zero-order valence-corrected chi connectivity index (χ0v) is 12.9. The van der Waals surface area contributed by atoms with Gasteiger partial charge in [-0.05, 0) is 32.1 Å². The number of carbonyl (C=O) groups excluding carboxylic acids is 1. The lowest BCUT2D eigenvalue weighted by Crippen LogP contribution is -2.29. The molecule has 6 nitrogen and oxygen atoms in total. The second-order valence-corrected chi connectivity index (χ2v) is 5.96. The van der Waals surface area contributed by atoms with Gasteiger partial charge in [-0.25, -0.2) is 0 Å². The predicted octanol–water partition coefficient (Wildman–Crippen LogP) is 1.87. The summed E-state index contributed by atoms with van der Waals surface area (Å²) >= 11 is 0. The van der Waals surface area contributed by atoms with E-state index < -0.39 is 0 Å². The second kappa shape index (κ2) is 7.74. The summed E-state index contributed by atoms with van der Waals surface area (Å²) in [5, 5.41) is 6.81. The lowest BCUT2D eigenvalue weighted by molar-refractivity contribution is 0.0183. The molecular formula is C16H24N2O4. The predicted molar refractivity (Wildman–Crippen MR) is 79.9 cm³/mol. The van der Waals surface area contributed by atoms with E-state index in [1.54, 1.807) is 0 Å². The van der Waals surface area contributed by atoms with E-state index in [2.05, 4.69) is 10.5 Å². The van der Waals surface area contributed by atoms with Crippen LogP contribution in [-0.2, 0) is 22.3 Å². The van der Waals surface area contributed by atoms with Crippen molar-refractivity contribution >= 4 is 5.91 Å². The molecule has 22 heavy (non-hydrogen) atoms. The Bertz CT molecular complexity index is 494.